The Morgan fingerprint density at radius 3 is 2.08 bits per heavy atom. The second kappa shape index (κ2) is 19.1. The molecule has 0 aliphatic heterocycles. The van der Waals surface area contributed by atoms with Crippen molar-refractivity contribution in [3.05, 3.63) is 76.9 Å². The summed E-state index contributed by atoms with van der Waals surface area (Å²) in [5.74, 6) is 1.46. The summed E-state index contributed by atoms with van der Waals surface area (Å²) in [6.45, 7) is 24.2. The van der Waals surface area contributed by atoms with Gasteiger partial charge in [-0.1, -0.05) is 136 Å². The van der Waals surface area contributed by atoms with Gasteiger partial charge in [0.05, 0.1) is 0 Å². The maximum atomic E-state index is 4.27. The van der Waals surface area contributed by atoms with Crippen LogP contribution in [0.1, 0.15) is 147 Å². The van der Waals surface area contributed by atoms with Crippen LogP contribution in [0.25, 0.3) is 16.7 Å². The second-order valence-corrected chi connectivity index (χ2v) is 11.1. The van der Waals surface area contributed by atoms with Crippen molar-refractivity contribution in [3.8, 4) is 0 Å². The van der Waals surface area contributed by atoms with Crippen molar-refractivity contribution in [2.24, 2.45) is 11.8 Å². The second-order valence-electron chi connectivity index (χ2n) is 11.1. The number of hydrogen-bond donors (Lipinski definition) is 0. The first-order valence-corrected chi connectivity index (χ1v) is 16.0. The first-order valence-electron chi connectivity index (χ1n) is 16.0. The van der Waals surface area contributed by atoms with Gasteiger partial charge in [-0.15, -0.1) is 0 Å². The van der Waals surface area contributed by atoms with Gasteiger partial charge in [-0.2, -0.15) is 0 Å². The first-order chi connectivity index (χ1) is 18.4. The molecule has 0 N–H and O–H groups in total. The molecule has 0 radical (unpaired) electrons. The minimum atomic E-state index is 0.672. The van der Waals surface area contributed by atoms with Gasteiger partial charge >= 0.3 is 0 Å². The molecule has 0 aromatic heterocycles. The maximum Gasteiger partial charge on any atom is -0.0153 e. The van der Waals surface area contributed by atoms with E-state index in [2.05, 4.69) is 97.5 Å². The van der Waals surface area contributed by atoms with E-state index in [1.54, 1.807) is 5.57 Å². The monoisotopic (exact) mass is 516 g/mol. The minimum Gasteiger partial charge on any atom is -0.0952 e. The van der Waals surface area contributed by atoms with Gasteiger partial charge < -0.3 is 0 Å². The highest BCUT2D eigenvalue weighted by molar-refractivity contribution is 5.93. The number of hydrogen-bond acceptors (Lipinski definition) is 0. The van der Waals surface area contributed by atoms with E-state index < -0.39 is 0 Å². The summed E-state index contributed by atoms with van der Waals surface area (Å²) >= 11 is 0. The quantitative estimate of drug-likeness (QED) is 0.275. The minimum absolute atomic E-state index is 0.672. The van der Waals surface area contributed by atoms with Crippen LogP contribution in [0.4, 0.5) is 0 Å². The van der Waals surface area contributed by atoms with Crippen molar-refractivity contribution < 1.29 is 0 Å². The molecule has 0 nitrogen and oxygen atoms in total. The van der Waals surface area contributed by atoms with Crippen LogP contribution >= 0.6 is 0 Å². The number of benzene rings is 2. The zero-order valence-corrected chi connectivity index (χ0v) is 26.7. The van der Waals surface area contributed by atoms with E-state index in [0.29, 0.717) is 5.92 Å². The molecule has 212 valence electrons. The molecule has 1 fully saturated rings. The van der Waals surface area contributed by atoms with Crippen molar-refractivity contribution in [1.29, 1.82) is 0 Å². The van der Waals surface area contributed by atoms with Crippen LogP contribution in [0.5, 0.6) is 0 Å². The fourth-order valence-corrected chi connectivity index (χ4v) is 5.36. The summed E-state index contributed by atoms with van der Waals surface area (Å²) in [5.41, 5.74) is 11.5. The zero-order chi connectivity index (χ0) is 28.5. The average molecular weight is 517 g/mol. The zero-order valence-electron chi connectivity index (χ0n) is 26.7. The van der Waals surface area contributed by atoms with Crippen LogP contribution in [-0.4, -0.2) is 0 Å². The van der Waals surface area contributed by atoms with E-state index in [9.17, 15) is 0 Å². The highest BCUT2D eigenvalue weighted by Gasteiger charge is 2.24. The molecule has 0 saturated heterocycles. The molecular weight excluding hydrogens is 456 g/mol. The fraction of sp³-hybridized carbons (Fsp3) is 0.579. The van der Waals surface area contributed by atoms with E-state index in [1.165, 1.54) is 103 Å². The highest BCUT2D eigenvalue weighted by atomic mass is 14.3. The third kappa shape index (κ3) is 10.2. The molecule has 1 aliphatic carbocycles. The van der Waals surface area contributed by atoms with Gasteiger partial charge in [0.2, 0.25) is 0 Å². The predicted octanol–water partition coefficient (Wildman–Crippen LogP) is 12.7. The molecule has 38 heavy (non-hydrogen) atoms. The lowest BCUT2D eigenvalue weighted by Crippen LogP contribution is -2.11. The predicted molar refractivity (Wildman–Crippen MR) is 176 cm³/mol. The molecule has 2 aromatic carbocycles. The maximum absolute atomic E-state index is 4.27. The number of aryl methyl sites for hydroxylation is 2. The smallest absolute Gasteiger partial charge is 0.0153 e. The molecule has 3 rings (SSSR count). The standard InChI is InChI=1S/C32H44.C4H10.C2H6/c1-7-23(3)18-19-27-14-12-13-17-31(27)26(6)32(28-15-10-9-11-16-28)30-21-20-29(22-25(30)5)24(4)8-2;1-3-4-2;1-2/h12-14,17,20-23,28H,4,7-11,15-16,18-19H2,1-3,5-6H3;3-4H2,1-2H3;1-2H3/b32-26+;;. The van der Waals surface area contributed by atoms with Gasteiger partial charge in [-0.3, -0.25) is 0 Å². The summed E-state index contributed by atoms with van der Waals surface area (Å²) in [7, 11) is 0. The van der Waals surface area contributed by atoms with Crippen LogP contribution in [-0.2, 0) is 6.42 Å². The third-order valence-corrected chi connectivity index (χ3v) is 8.29. The van der Waals surface area contributed by atoms with Crippen molar-refractivity contribution in [2.45, 2.75) is 133 Å². The van der Waals surface area contributed by atoms with E-state index >= 15 is 0 Å². The largest absolute Gasteiger partial charge is 0.0952 e. The van der Waals surface area contributed by atoms with Crippen LogP contribution in [0.3, 0.4) is 0 Å². The van der Waals surface area contributed by atoms with Gasteiger partial charge in [-0.05, 0) is 102 Å². The number of rotatable bonds is 10. The lowest BCUT2D eigenvalue weighted by Gasteiger charge is -2.29. The molecule has 2 aromatic rings. The molecule has 1 atom stereocenters. The Morgan fingerprint density at radius 1 is 0.895 bits per heavy atom. The van der Waals surface area contributed by atoms with Crippen molar-refractivity contribution in [3.63, 3.8) is 0 Å². The van der Waals surface area contributed by atoms with Gasteiger partial charge in [-0.25, -0.2) is 0 Å². The van der Waals surface area contributed by atoms with Crippen LogP contribution in [0, 0.1) is 18.8 Å². The Hall–Kier alpha value is -2.08. The molecule has 0 bridgehead atoms. The van der Waals surface area contributed by atoms with Crippen LogP contribution in [0.2, 0.25) is 0 Å². The van der Waals surface area contributed by atoms with Gasteiger partial charge in [0.15, 0.2) is 0 Å². The first kappa shape index (κ1) is 33.9. The van der Waals surface area contributed by atoms with E-state index in [-0.39, 0.29) is 0 Å². The molecular formula is C38H60. The Balaban J connectivity index is 0.00000110. The van der Waals surface area contributed by atoms with E-state index in [1.807, 2.05) is 13.8 Å². The summed E-state index contributed by atoms with van der Waals surface area (Å²) < 4.78 is 0. The van der Waals surface area contributed by atoms with E-state index in [4.69, 9.17) is 0 Å². The molecule has 0 amide bonds. The van der Waals surface area contributed by atoms with Crippen molar-refractivity contribution in [2.75, 3.05) is 0 Å². The van der Waals surface area contributed by atoms with Gasteiger partial charge in [0, 0.05) is 0 Å². The molecule has 1 unspecified atom stereocenters. The summed E-state index contributed by atoms with van der Waals surface area (Å²) in [6.07, 6.45) is 14.1. The Morgan fingerprint density at radius 2 is 1.53 bits per heavy atom. The SMILES string of the molecule is C=C(CC)c1ccc(/C(=C(\C)c2ccccc2CCC(C)CC)C2CCCCC2)c(C)c1.CC.CCCC. The Labute approximate surface area is 238 Å². The lowest BCUT2D eigenvalue weighted by molar-refractivity contribution is 0.429. The molecule has 1 aliphatic rings. The topological polar surface area (TPSA) is 0 Å². The fourth-order valence-electron chi connectivity index (χ4n) is 5.36. The molecule has 0 heteroatoms. The summed E-state index contributed by atoms with van der Waals surface area (Å²) in [6, 6.07) is 16.2. The van der Waals surface area contributed by atoms with Crippen LogP contribution in [0.15, 0.2) is 49.0 Å². The summed E-state index contributed by atoms with van der Waals surface area (Å²) in [5, 5.41) is 0. The van der Waals surface area contributed by atoms with E-state index in [0.717, 1.165) is 12.3 Å². The average Bonchev–Trinajstić information content (AvgIpc) is 2.98. The Kier molecular flexibility index (Phi) is 17.0. The van der Waals surface area contributed by atoms with Gasteiger partial charge in [0.1, 0.15) is 0 Å². The van der Waals surface area contributed by atoms with Crippen LogP contribution < -0.4 is 0 Å². The summed E-state index contributed by atoms with van der Waals surface area (Å²) in [4.78, 5) is 0. The molecule has 0 heterocycles. The van der Waals surface area contributed by atoms with Crippen molar-refractivity contribution in [1.82, 2.24) is 0 Å². The third-order valence-electron chi connectivity index (χ3n) is 8.29. The molecule has 0 spiro atoms. The highest BCUT2D eigenvalue weighted by Crippen LogP contribution is 2.42. The van der Waals surface area contributed by atoms with Gasteiger partial charge in [0.25, 0.3) is 0 Å². The number of allylic oxidation sites excluding steroid dienone is 3. The Bertz CT molecular complexity index is 965. The number of unbranched alkanes of at least 4 members (excludes halogenated alkanes) is 1. The normalized spacial score (nSPS) is 14.9. The van der Waals surface area contributed by atoms with Crippen molar-refractivity contribution >= 4 is 16.7 Å². The lowest BCUT2D eigenvalue weighted by atomic mass is 9.76. The molecule has 1 saturated carbocycles.